The van der Waals surface area contributed by atoms with E-state index in [1.807, 2.05) is 23.7 Å². The van der Waals surface area contributed by atoms with E-state index in [9.17, 15) is 4.39 Å². The van der Waals surface area contributed by atoms with Crippen molar-refractivity contribution < 1.29 is 4.39 Å². The zero-order chi connectivity index (χ0) is 10.3. The van der Waals surface area contributed by atoms with Crippen LogP contribution in [0.2, 0.25) is 0 Å². The number of hydrogen-bond donors (Lipinski definition) is 0. The Kier molecular flexibility index (Phi) is 2.06. The summed E-state index contributed by atoms with van der Waals surface area (Å²) >= 11 is 0. The zero-order valence-corrected chi connectivity index (χ0v) is 8.71. The SMILES string of the molecule is CC(C)c1ccc2c(c1)c(F)cn2C. The van der Waals surface area contributed by atoms with Gasteiger partial charge in [-0.25, -0.2) is 4.39 Å². The maximum absolute atomic E-state index is 13.4. The molecule has 2 aromatic rings. The minimum Gasteiger partial charge on any atom is -0.348 e. The first-order chi connectivity index (χ1) is 6.59. The van der Waals surface area contributed by atoms with E-state index in [2.05, 4.69) is 19.9 Å². The van der Waals surface area contributed by atoms with E-state index >= 15 is 0 Å². The second-order valence-electron chi connectivity index (χ2n) is 4.02. The summed E-state index contributed by atoms with van der Waals surface area (Å²) in [6.45, 7) is 4.23. The molecule has 74 valence electrons. The molecule has 0 atom stereocenters. The molecule has 0 aliphatic heterocycles. The summed E-state index contributed by atoms with van der Waals surface area (Å²) in [7, 11) is 1.86. The Hall–Kier alpha value is -1.31. The van der Waals surface area contributed by atoms with Gasteiger partial charge < -0.3 is 4.57 Å². The first kappa shape index (κ1) is 9.25. The van der Waals surface area contributed by atoms with E-state index < -0.39 is 0 Å². The van der Waals surface area contributed by atoms with Crippen molar-refractivity contribution in [2.45, 2.75) is 19.8 Å². The monoisotopic (exact) mass is 191 g/mol. The highest BCUT2D eigenvalue weighted by molar-refractivity contribution is 5.81. The van der Waals surface area contributed by atoms with Crippen molar-refractivity contribution in [1.29, 1.82) is 0 Å². The lowest BCUT2D eigenvalue weighted by Crippen LogP contribution is -1.88. The minimum absolute atomic E-state index is 0.134. The molecule has 2 rings (SSSR count). The summed E-state index contributed by atoms with van der Waals surface area (Å²) in [4.78, 5) is 0. The lowest BCUT2D eigenvalue weighted by Gasteiger charge is -2.05. The third-order valence-corrected chi connectivity index (χ3v) is 2.63. The average molecular weight is 191 g/mol. The van der Waals surface area contributed by atoms with Gasteiger partial charge in [0.2, 0.25) is 0 Å². The van der Waals surface area contributed by atoms with Gasteiger partial charge in [-0.3, -0.25) is 0 Å². The van der Waals surface area contributed by atoms with E-state index in [0.29, 0.717) is 5.92 Å². The van der Waals surface area contributed by atoms with E-state index in [0.717, 1.165) is 10.9 Å². The molecule has 0 unspecified atom stereocenters. The molecule has 0 radical (unpaired) electrons. The molecule has 1 aromatic carbocycles. The molecule has 2 heteroatoms. The molecule has 0 saturated carbocycles. The van der Waals surface area contributed by atoms with Crippen molar-refractivity contribution in [2.24, 2.45) is 7.05 Å². The number of fused-ring (bicyclic) bond motifs is 1. The van der Waals surface area contributed by atoms with Crippen LogP contribution >= 0.6 is 0 Å². The fourth-order valence-corrected chi connectivity index (χ4v) is 1.72. The van der Waals surface area contributed by atoms with Crippen molar-refractivity contribution in [3.05, 3.63) is 35.8 Å². The van der Waals surface area contributed by atoms with Gasteiger partial charge in [-0.1, -0.05) is 19.9 Å². The summed E-state index contributed by atoms with van der Waals surface area (Å²) < 4.78 is 15.2. The van der Waals surface area contributed by atoms with Crippen molar-refractivity contribution in [2.75, 3.05) is 0 Å². The molecular formula is C12H14FN. The van der Waals surface area contributed by atoms with Gasteiger partial charge in [0.05, 0.1) is 5.52 Å². The van der Waals surface area contributed by atoms with E-state index in [1.54, 1.807) is 0 Å². The summed E-state index contributed by atoms with van der Waals surface area (Å²) in [6.07, 6.45) is 1.52. The van der Waals surface area contributed by atoms with Crippen LogP contribution in [0, 0.1) is 5.82 Å². The van der Waals surface area contributed by atoms with E-state index in [4.69, 9.17) is 0 Å². The molecule has 0 aliphatic rings. The van der Waals surface area contributed by atoms with Crippen molar-refractivity contribution in [1.82, 2.24) is 4.57 Å². The summed E-state index contributed by atoms with van der Waals surface area (Å²) in [6, 6.07) is 5.98. The maximum atomic E-state index is 13.4. The number of halogens is 1. The summed E-state index contributed by atoms with van der Waals surface area (Å²) in [5, 5.41) is 0.721. The van der Waals surface area contributed by atoms with Crippen molar-refractivity contribution in [3.63, 3.8) is 0 Å². The molecule has 1 aromatic heterocycles. The van der Waals surface area contributed by atoms with Crippen LogP contribution in [0.15, 0.2) is 24.4 Å². The normalized spacial score (nSPS) is 11.5. The second kappa shape index (κ2) is 3.12. The Morgan fingerprint density at radius 2 is 2.00 bits per heavy atom. The molecular weight excluding hydrogens is 177 g/mol. The second-order valence-corrected chi connectivity index (χ2v) is 4.02. The van der Waals surface area contributed by atoms with Gasteiger partial charge in [-0.15, -0.1) is 0 Å². The Morgan fingerprint density at radius 1 is 1.29 bits per heavy atom. The Labute approximate surface area is 83.2 Å². The Balaban J connectivity index is 2.71. The molecule has 0 amide bonds. The highest BCUT2D eigenvalue weighted by atomic mass is 19.1. The molecule has 0 fully saturated rings. The van der Waals surface area contributed by atoms with Crippen molar-refractivity contribution >= 4 is 10.9 Å². The first-order valence-corrected chi connectivity index (χ1v) is 4.84. The Morgan fingerprint density at radius 3 is 2.64 bits per heavy atom. The van der Waals surface area contributed by atoms with Crippen LogP contribution in [0.3, 0.4) is 0 Å². The molecule has 0 N–H and O–H groups in total. The Bertz CT molecular complexity index is 468. The predicted octanol–water partition coefficient (Wildman–Crippen LogP) is 3.44. The third kappa shape index (κ3) is 1.31. The number of hydrogen-bond acceptors (Lipinski definition) is 0. The van der Waals surface area contributed by atoms with Crippen LogP contribution in [-0.4, -0.2) is 4.57 Å². The van der Waals surface area contributed by atoms with Crippen LogP contribution in [-0.2, 0) is 7.05 Å². The molecule has 1 nitrogen and oxygen atoms in total. The van der Waals surface area contributed by atoms with Gasteiger partial charge in [0.1, 0.15) is 5.82 Å². The maximum Gasteiger partial charge on any atom is 0.148 e. The van der Waals surface area contributed by atoms with Crippen LogP contribution in [0.1, 0.15) is 25.3 Å². The zero-order valence-electron chi connectivity index (χ0n) is 8.71. The summed E-state index contributed by atoms with van der Waals surface area (Å²) in [5.74, 6) is 0.309. The fraction of sp³-hybridized carbons (Fsp3) is 0.333. The van der Waals surface area contributed by atoms with Gasteiger partial charge in [-0.05, 0) is 23.6 Å². The molecule has 0 bridgehead atoms. The minimum atomic E-state index is -0.134. The number of rotatable bonds is 1. The van der Waals surface area contributed by atoms with Crippen LogP contribution in [0.5, 0.6) is 0 Å². The highest BCUT2D eigenvalue weighted by Gasteiger charge is 2.07. The lowest BCUT2D eigenvalue weighted by atomic mass is 10.0. The first-order valence-electron chi connectivity index (χ1n) is 4.84. The quantitative estimate of drug-likeness (QED) is 0.650. The van der Waals surface area contributed by atoms with Crippen LogP contribution < -0.4 is 0 Å². The highest BCUT2D eigenvalue weighted by Crippen LogP contribution is 2.24. The van der Waals surface area contributed by atoms with Gasteiger partial charge in [0.25, 0.3) is 0 Å². The number of benzene rings is 1. The number of aromatic nitrogens is 1. The molecule has 0 aliphatic carbocycles. The van der Waals surface area contributed by atoms with E-state index in [-0.39, 0.29) is 5.82 Å². The lowest BCUT2D eigenvalue weighted by molar-refractivity contribution is 0.633. The molecule has 1 heterocycles. The average Bonchev–Trinajstić information content (AvgIpc) is 2.42. The van der Waals surface area contributed by atoms with Crippen LogP contribution in [0.25, 0.3) is 10.9 Å². The predicted molar refractivity (Wildman–Crippen MR) is 57.0 cm³/mol. The van der Waals surface area contributed by atoms with Gasteiger partial charge in [0, 0.05) is 18.6 Å². The molecule has 14 heavy (non-hydrogen) atoms. The van der Waals surface area contributed by atoms with E-state index in [1.165, 1.54) is 11.8 Å². The smallest absolute Gasteiger partial charge is 0.148 e. The van der Waals surface area contributed by atoms with Crippen LogP contribution in [0.4, 0.5) is 4.39 Å². The van der Waals surface area contributed by atoms with Gasteiger partial charge in [-0.2, -0.15) is 0 Å². The summed E-state index contributed by atoms with van der Waals surface area (Å²) in [5.41, 5.74) is 2.13. The largest absolute Gasteiger partial charge is 0.348 e. The van der Waals surface area contributed by atoms with Gasteiger partial charge in [0.15, 0.2) is 0 Å². The van der Waals surface area contributed by atoms with Gasteiger partial charge >= 0.3 is 0 Å². The van der Waals surface area contributed by atoms with Crippen molar-refractivity contribution in [3.8, 4) is 0 Å². The molecule has 0 spiro atoms. The topological polar surface area (TPSA) is 4.93 Å². The number of nitrogens with zero attached hydrogens (tertiary/aromatic N) is 1. The third-order valence-electron chi connectivity index (χ3n) is 2.63. The number of aryl methyl sites for hydroxylation is 1. The fourth-order valence-electron chi connectivity index (χ4n) is 1.72. The standard InChI is InChI=1S/C12H14FN/c1-8(2)9-4-5-12-10(6-9)11(13)7-14(12)3/h4-8H,1-3H3. The molecule has 0 saturated heterocycles.